The predicted molar refractivity (Wildman–Crippen MR) is 108 cm³/mol. The van der Waals surface area contributed by atoms with E-state index in [1.54, 1.807) is 18.5 Å². The monoisotopic (exact) mass is 397 g/mol. The van der Waals surface area contributed by atoms with Gasteiger partial charge in [-0.3, -0.25) is 0 Å². The molecule has 1 aliphatic carbocycles. The fraction of sp³-hybridized carbons (Fsp3) is 0.550. The van der Waals surface area contributed by atoms with Crippen LogP contribution in [0.25, 0.3) is 0 Å². The first-order chi connectivity index (χ1) is 13.6. The average Bonchev–Trinajstić information content (AvgIpc) is 3.48. The number of nitrogens with zero attached hydrogens (tertiary/aromatic N) is 6. The molecule has 0 amide bonds. The van der Waals surface area contributed by atoms with Crippen LogP contribution in [0.3, 0.4) is 0 Å². The normalized spacial score (nSPS) is 22.0. The molecule has 0 radical (unpaired) electrons. The number of anilines is 2. The zero-order valence-corrected chi connectivity index (χ0v) is 16.7. The lowest BCUT2D eigenvalue weighted by atomic mass is 9.90. The summed E-state index contributed by atoms with van der Waals surface area (Å²) < 4.78 is 0. The molecule has 0 aromatic carbocycles. The van der Waals surface area contributed by atoms with E-state index in [1.165, 1.54) is 19.3 Å². The number of halogens is 1. The van der Waals surface area contributed by atoms with Crippen molar-refractivity contribution in [3.8, 4) is 6.07 Å². The van der Waals surface area contributed by atoms with Gasteiger partial charge in [-0.05, 0) is 50.4 Å². The first-order valence-corrected chi connectivity index (χ1v) is 10.2. The topological polar surface area (TPSA) is 90.6 Å². The lowest BCUT2D eigenvalue weighted by Gasteiger charge is -2.32. The molecule has 0 unspecified atom stereocenters. The van der Waals surface area contributed by atoms with Crippen LogP contribution in [0.15, 0.2) is 18.5 Å². The second-order valence-corrected chi connectivity index (χ2v) is 8.13. The van der Waals surface area contributed by atoms with Crippen LogP contribution in [0.4, 0.5) is 11.8 Å². The number of nitriles is 1. The standard InChI is InChI=1S/C20H24ClN7/c1-13-26-17(10-22)9-19(27-13)23-5-2-15-8-18(15)14-3-6-28(7-4-14)20-24-11-16(21)12-25-20/h9,11-12,14-15,18H,2-8H2,1H3,(H,23,26,27)/t15-,18-/m1/s1. The summed E-state index contributed by atoms with van der Waals surface area (Å²) in [5.41, 5.74) is 0.413. The van der Waals surface area contributed by atoms with Gasteiger partial charge < -0.3 is 10.2 Å². The molecule has 28 heavy (non-hydrogen) atoms. The molecule has 1 N–H and O–H groups in total. The Kier molecular flexibility index (Phi) is 5.58. The molecule has 1 saturated carbocycles. The first-order valence-electron chi connectivity index (χ1n) is 9.84. The highest BCUT2D eigenvalue weighted by Gasteiger charge is 2.43. The average molecular weight is 398 g/mol. The van der Waals surface area contributed by atoms with E-state index >= 15 is 0 Å². The summed E-state index contributed by atoms with van der Waals surface area (Å²) in [6.45, 7) is 4.74. The molecule has 7 nitrogen and oxygen atoms in total. The third-order valence-corrected chi connectivity index (χ3v) is 5.98. The van der Waals surface area contributed by atoms with Gasteiger partial charge in [-0.15, -0.1) is 0 Å². The van der Waals surface area contributed by atoms with Crippen molar-refractivity contribution in [3.63, 3.8) is 0 Å². The number of hydrogen-bond acceptors (Lipinski definition) is 7. The largest absolute Gasteiger partial charge is 0.370 e. The minimum atomic E-state index is 0.413. The van der Waals surface area contributed by atoms with Gasteiger partial charge in [0.25, 0.3) is 0 Å². The van der Waals surface area contributed by atoms with Crippen molar-refractivity contribution in [1.29, 1.82) is 5.26 Å². The van der Waals surface area contributed by atoms with E-state index in [0.717, 1.165) is 55.6 Å². The molecule has 3 heterocycles. The first kappa shape index (κ1) is 18.9. The van der Waals surface area contributed by atoms with Crippen LogP contribution in [0.5, 0.6) is 0 Å². The summed E-state index contributed by atoms with van der Waals surface area (Å²) in [6.07, 6.45) is 8.22. The molecular weight excluding hydrogens is 374 g/mol. The van der Waals surface area contributed by atoms with Gasteiger partial charge in [0, 0.05) is 25.7 Å². The van der Waals surface area contributed by atoms with E-state index in [1.807, 2.05) is 6.92 Å². The second kappa shape index (κ2) is 8.27. The van der Waals surface area contributed by atoms with E-state index in [4.69, 9.17) is 16.9 Å². The summed E-state index contributed by atoms with van der Waals surface area (Å²) in [6, 6.07) is 3.79. The molecule has 146 valence electrons. The molecule has 8 heteroatoms. The van der Waals surface area contributed by atoms with Gasteiger partial charge in [0.2, 0.25) is 5.95 Å². The summed E-state index contributed by atoms with van der Waals surface area (Å²) >= 11 is 5.87. The van der Waals surface area contributed by atoms with E-state index in [9.17, 15) is 0 Å². The molecule has 2 aliphatic rings. The molecule has 2 atom stereocenters. The van der Waals surface area contributed by atoms with Gasteiger partial charge in [-0.25, -0.2) is 19.9 Å². The molecule has 0 bridgehead atoms. The third-order valence-electron chi connectivity index (χ3n) is 5.79. The molecule has 1 aliphatic heterocycles. The molecule has 2 aromatic heterocycles. The van der Waals surface area contributed by atoms with E-state index in [-0.39, 0.29) is 0 Å². The smallest absolute Gasteiger partial charge is 0.225 e. The number of piperidine rings is 1. The fourth-order valence-electron chi connectivity index (χ4n) is 4.28. The van der Waals surface area contributed by atoms with Crippen LogP contribution >= 0.6 is 11.6 Å². The van der Waals surface area contributed by atoms with Gasteiger partial charge in [-0.1, -0.05) is 11.6 Å². The van der Waals surface area contributed by atoms with Crippen molar-refractivity contribution in [2.24, 2.45) is 17.8 Å². The van der Waals surface area contributed by atoms with Gasteiger partial charge in [0.05, 0.1) is 17.4 Å². The van der Waals surface area contributed by atoms with Gasteiger partial charge in [0.1, 0.15) is 23.4 Å². The number of aromatic nitrogens is 4. The predicted octanol–water partition coefficient (Wildman–Crippen LogP) is 3.45. The maximum absolute atomic E-state index is 9.01. The maximum atomic E-state index is 9.01. The van der Waals surface area contributed by atoms with Crippen LogP contribution in [0.2, 0.25) is 5.02 Å². The van der Waals surface area contributed by atoms with Crippen molar-refractivity contribution in [2.45, 2.75) is 32.6 Å². The Bertz CT molecular complexity index is 856. The number of aryl methyl sites for hydroxylation is 1. The van der Waals surface area contributed by atoms with Gasteiger partial charge >= 0.3 is 0 Å². The van der Waals surface area contributed by atoms with E-state index < -0.39 is 0 Å². The van der Waals surface area contributed by atoms with Crippen molar-refractivity contribution < 1.29 is 0 Å². The highest BCUT2D eigenvalue weighted by atomic mass is 35.5. The molecule has 1 saturated heterocycles. The van der Waals surface area contributed by atoms with E-state index in [2.05, 4.69) is 36.2 Å². The Balaban J connectivity index is 1.20. The minimum absolute atomic E-state index is 0.413. The van der Waals surface area contributed by atoms with Crippen LogP contribution in [-0.4, -0.2) is 39.6 Å². The highest BCUT2D eigenvalue weighted by Crippen LogP contribution is 2.49. The lowest BCUT2D eigenvalue weighted by Crippen LogP contribution is -2.35. The Labute approximate surface area is 170 Å². The van der Waals surface area contributed by atoms with Gasteiger partial charge in [0.15, 0.2) is 0 Å². The van der Waals surface area contributed by atoms with Crippen LogP contribution in [0.1, 0.15) is 37.2 Å². The Morgan fingerprint density at radius 2 is 2.00 bits per heavy atom. The summed E-state index contributed by atoms with van der Waals surface area (Å²) in [5.74, 6) is 4.61. The minimum Gasteiger partial charge on any atom is -0.370 e. The van der Waals surface area contributed by atoms with Crippen LogP contribution in [0, 0.1) is 36.0 Å². The third kappa shape index (κ3) is 4.50. The Morgan fingerprint density at radius 3 is 2.71 bits per heavy atom. The molecule has 4 rings (SSSR count). The maximum Gasteiger partial charge on any atom is 0.225 e. The van der Waals surface area contributed by atoms with Crippen molar-refractivity contribution in [1.82, 2.24) is 19.9 Å². The zero-order valence-electron chi connectivity index (χ0n) is 16.0. The lowest BCUT2D eigenvalue weighted by molar-refractivity contribution is 0.343. The number of nitrogens with one attached hydrogen (secondary N) is 1. The highest BCUT2D eigenvalue weighted by molar-refractivity contribution is 6.30. The van der Waals surface area contributed by atoms with E-state index in [0.29, 0.717) is 16.5 Å². The van der Waals surface area contributed by atoms with Crippen molar-refractivity contribution in [3.05, 3.63) is 35.0 Å². The van der Waals surface area contributed by atoms with Crippen molar-refractivity contribution >= 4 is 23.4 Å². The summed E-state index contributed by atoms with van der Waals surface area (Å²) in [7, 11) is 0. The van der Waals surface area contributed by atoms with Crippen LogP contribution < -0.4 is 10.2 Å². The van der Waals surface area contributed by atoms with Crippen LogP contribution in [-0.2, 0) is 0 Å². The SMILES string of the molecule is Cc1nc(C#N)cc(NCC[C@@H]2C[C@@H]2C2CCN(c3ncc(Cl)cn3)CC2)n1. The molecular formula is C20H24ClN7. The quantitative estimate of drug-likeness (QED) is 0.798. The number of hydrogen-bond donors (Lipinski definition) is 1. The Hall–Kier alpha value is -2.46. The number of rotatable bonds is 6. The zero-order chi connectivity index (χ0) is 19.5. The van der Waals surface area contributed by atoms with Gasteiger partial charge in [-0.2, -0.15) is 5.26 Å². The summed E-state index contributed by atoms with van der Waals surface area (Å²) in [5, 5.41) is 12.9. The molecule has 2 aromatic rings. The second-order valence-electron chi connectivity index (χ2n) is 7.70. The summed E-state index contributed by atoms with van der Waals surface area (Å²) in [4.78, 5) is 19.4. The molecule has 2 fully saturated rings. The molecule has 0 spiro atoms. The van der Waals surface area contributed by atoms with Crippen molar-refractivity contribution in [2.75, 3.05) is 29.9 Å². The Morgan fingerprint density at radius 1 is 1.25 bits per heavy atom. The fourth-order valence-corrected chi connectivity index (χ4v) is 4.38.